The van der Waals surface area contributed by atoms with Crippen LogP contribution in [0.1, 0.15) is 52.0 Å². The Morgan fingerprint density at radius 2 is 1.94 bits per heavy atom. The van der Waals surface area contributed by atoms with Crippen LogP contribution in [0.2, 0.25) is 0 Å². The molecule has 0 radical (unpaired) electrons. The quantitative estimate of drug-likeness (QED) is 0.716. The number of ether oxygens (including phenoxy) is 1. The number of rotatable bonds is 8. The van der Waals surface area contributed by atoms with Crippen molar-refractivity contribution in [2.45, 2.75) is 59.4 Å². The van der Waals surface area contributed by atoms with E-state index in [1.807, 2.05) is 0 Å². The third-order valence-electron chi connectivity index (χ3n) is 3.09. The maximum absolute atomic E-state index is 5.83. The van der Waals surface area contributed by atoms with E-state index in [-0.39, 0.29) is 0 Å². The van der Waals surface area contributed by atoms with Crippen molar-refractivity contribution in [3.8, 4) is 5.75 Å². The van der Waals surface area contributed by atoms with Gasteiger partial charge in [0.1, 0.15) is 5.75 Å². The Labute approximate surface area is 112 Å². The first kappa shape index (κ1) is 14.9. The lowest BCUT2D eigenvalue weighted by Gasteiger charge is -2.20. The largest absolute Gasteiger partial charge is 0.491 e. The van der Waals surface area contributed by atoms with Crippen LogP contribution >= 0.6 is 0 Å². The molecule has 102 valence electrons. The lowest BCUT2D eigenvalue weighted by atomic mass is 10.1. The number of benzene rings is 1. The van der Waals surface area contributed by atoms with Crippen LogP contribution in [0.4, 0.5) is 5.69 Å². The lowest BCUT2D eigenvalue weighted by Crippen LogP contribution is -2.18. The first-order chi connectivity index (χ1) is 8.71. The Kier molecular flexibility index (Phi) is 6.63. The molecule has 0 aliphatic heterocycles. The zero-order valence-corrected chi connectivity index (χ0v) is 12.3. The molecule has 0 aliphatic rings. The second kappa shape index (κ2) is 8.02. The Morgan fingerprint density at radius 3 is 2.56 bits per heavy atom. The molecule has 0 bridgehead atoms. The highest BCUT2D eigenvalue weighted by Crippen LogP contribution is 2.27. The van der Waals surface area contributed by atoms with Crippen molar-refractivity contribution in [3.05, 3.63) is 23.8 Å². The van der Waals surface area contributed by atoms with Crippen LogP contribution in [-0.2, 0) is 0 Å². The second-order valence-corrected chi connectivity index (χ2v) is 4.89. The Morgan fingerprint density at radius 1 is 1.17 bits per heavy atom. The van der Waals surface area contributed by atoms with Crippen molar-refractivity contribution in [1.29, 1.82) is 0 Å². The fraction of sp³-hybridized carbons (Fsp3) is 0.625. The molecule has 0 saturated heterocycles. The zero-order valence-electron chi connectivity index (χ0n) is 12.3. The van der Waals surface area contributed by atoms with Gasteiger partial charge in [-0.2, -0.15) is 0 Å². The molecule has 1 aromatic carbocycles. The first-order valence-corrected chi connectivity index (χ1v) is 7.21. The molecule has 1 rings (SSSR count). The van der Waals surface area contributed by atoms with Crippen LogP contribution < -0.4 is 10.1 Å². The molecule has 1 aromatic rings. The summed E-state index contributed by atoms with van der Waals surface area (Å²) < 4.78 is 5.83. The predicted octanol–water partition coefficient (Wildman–Crippen LogP) is 4.77. The van der Waals surface area contributed by atoms with Crippen molar-refractivity contribution in [1.82, 2.24) is 0 Å². The molecule has 0 spiro atoms. The summed E-state index contributed by atoms with van der Waals surface area (Å²) in [4.78, 5) is 0. The topological polar surface area (TPSA) is 21.3 Å². The number of nitrogens with one attached hydrogen (secondary N) is 1. The van der Waals surface area contributed by atoms with E-state index in [2.05, 4.69) is 51.2 Å². The van der Waals surface area contributed by atoms with Crippen molar-refractivity contribution in [3.63, 3.8) is 0 Å². The summed E-state index contributed by atoms with van der Waals surface area (Å²) in [7, 11) is 0. The van der Waals surface area contributed by atoms with Crippen molar-refractivity contribution in [2.24, 2.45) is 0 Å². The summed E-state index contributed by atoms with van der Waals surface area (Å²) in [5.41, 5.74) is 2.38. The normalized spacial score (nSPS) is 12.2. The summed E-state index contributed by atoms with van der Waals surface area (Å²) in [5, 5.41) is 3.61. The maximum Gasteiger partial charge on any atom is 0.142 e. The molecule has 1 atom stereocenters. The van der Waals surface area contributed by atoms with Gasteiger partial charge in [-0.05, 0) is 43.9 Å². The highest BCUT2D eigenvalue weighted by molar-refractivity contribution is 5.58. The van der Waals surface area contributed by atoms with Gasteiger partial charge in [0.15, 0.2) is 0 Å². The van der Waals surface area contributed by atoms with Crippen LogP contribution in [0.25, 0.3) is 0 Å². The molecule has 0 aliphatic carbocycles. The summed E-state index contributed by atoms with van der Waals surface area (Å²) in [6.07, 6.45) is 4.61. The molecule has 1 unspecified atom stereocenters. The third kappa shape index (κ3) is 4.59. The number of hydrogen-bond donors (Lipinski definition) is 1. The Balaban J connectivity index is 2.78. The standard InChI is InChI=1S/C16H27NO/c1-5-8-14(7-3)17-15-10-9-13(4)12-16(15)18-11-6-2/h9-10,12,14,17H,5-8,11H2,1-4H3. The fourth-order valence-corrected chi connectivity index (χ4v) is 2.03. The molecule has 1 N–H and O–H groups in total. The molecule has 0 heterocycles. The van der Waals surface area contributed by atoms with E-state index in [4.69, 9.17) is 4.74 Å². The van der Waals surface area contributed by atoms with Gasteiger partial charge < -0.3 is 10.1 Å². The molecule has 0 aromatic heterocycles. The SMILES string of the molecule is CCCOc1cc(C)ccc1NC(CC)CCC. The van der Waals surface area contributed by atoms with E-state index >= 15 is 0 Å². The first-order valence-electron chi connectivity index (χ1n) is 7.21. The summed E-state index contributed by atoms with van der Waals surface area (Å²) in [5.74, 6) is 0.992. The highest BCUT2D eigenvalue weighted by Gasteiger charge is 2.09. The van der Waals surface area contributed by atoms with Crippen LogP contribution in [0.3, 0.4) is 0 Å². The minimum Gasteiger partial charge on any atom is -0.491 e. The highest BCUT2D eigenvalue weighted by atomic mass is 16.5. The molecular weight excluding hydrogens is 222 g/mol. The average molecular weight is 249 g/mol. The van der Waals surface area contributed by atoms with Gasteiger partial charge >= 0.3 is 0 Å². The van der Waals surface area contributed by atoms with Gasteiger partial charge in [0.25, 0.3) is 0 Å². The molecule has 0 saturated carbocycles. The zero-order chi connectivity index (χ0) is 13.4. The lowest BCUT2D eigenvalue weighted by molar-refractivity contribution is 0.318. The van der Waals surface area contributed by atoms with E-state index in [9.17, 15) is 0 Å². The molecule has 0 fully saturated rings. The Bertz CT molecular complexity index is 349. The minimum absolute atomic E-state index is 0.543. The fourth-order valence-electron chi connectivity index (χ4n) is 2.03. The number of anilines is 1. The van der Waals surface area contributed by atoms with E-state index in [0.717, 1.165) is 30.9 Å². The molecule has 2 heteroatoms. The summed E-state index contributed by atoms with van der Waals surface area (Å²) in [6, 6.07) is 6.94. The third-order valence-corrected chi connectivity index (χ3v) is 3.09. The predicted molar refractivity (Wildman–Crippen MR) is 79.6 cm³/mol. The van der Waals surface area contributed by atoms with Gasteiger partial charge in [0.2, 0.25) is 0 Å². The summed E-state index contributed by atoms with van der Waals surface area (Å²) >= 11 is 0. The van der Waals surface area contributed by atoms with Crippen LogP contribution in [-0.4, -0.2) is 12.6 Å². The van der Waals surface area contributed by atoms with Crippen LogP contribution in [0.15, 0.2) is 18.2 Å². The van der Waals surface area contributed by atoms with E-state index in [0.29, 0.717) is 6.04 Å². The molecule has 0 amide bonds. The maximum atomic E-state index is 5.83. The van der Waals surface area contributed by atoms with E-state index < -0.39 is 0 Å². The van der Waals surface area contributed by atoms with Crippen molar-refractivity contribution < 1.29 is 4.74 Å². The van der Waals surface area contributed by atoms with Gasteiger partial charge in [-0.3, -0.25) is 0 Å². The monoisotopic (exact) mass is 249 g/mol. The van der Waals surface area contributed by atoms with Crippen molar-refractivity contribution in [2.75, 3.05) is 11.9 Å². The van der Waals surface area contributed by atoms with Gasteiger partial charge in [-0.15, -0.1) is 0 Å². The number of aryl methyl sites for hydroxylation is 1. The molecule has 18 heavy (non-hydrogen) atoms. The van der Waals surface area contributed by atoms with Gasteiger partial charge in [0, 0.05) is 6.04 Å². The van der Waals surface area contributed by atoms with Crippen molar-refractivity contribution >= 4 is 5.69 Å². The summed E-state index contributed by atoms with van der Waals surface area (Å²) in [6.45, 7) is 9.48. The van der Waals surface area contributed by atoms with Gasteiger partial charge in [-0.1, -0.05) is 33.3 Å². The second-order valence-electron chi connectivity index (χ2n) is 4.89. The number of hydrogen-bond acceptors (Lipinski definition) is 2. The van der Waals surface area contributed by atoms with Crippen LogP contribution in [0.5, 0.6) is 5.75 Å². The molecule has 2 nitrogen and oxygen atoms in total. The van der Waals surface area contributed by atoms with Gasteiger partial charge in [0.05, 0.1) is 12.3 Å². The van der Waals surface area contributed by atoms with E-state index in [1.54, 1.807) is 0 Å². The van der Waals surface area contributed by atoms with Gasteiger partial charge in [-0.25, -0.2) is 0 Å². The minimum atomic E-state index is 0.543. The molecular formula is C16H27NO. The Hall–Kier alpha value is -1.18. The van der Waals surface area contributed by atoms with E-state index in [1.165, 1.54) is 18.4 Å². The average Bonchev–Trinajstić information content (AvgIpc) is 2.38. The van der Waals surface area contributed by atoms with Crippen LogP contribution in [0, 0.1) is 6.92 Å². The smallest absolute Gasteiger partial charge is 0.142 e.